The summed E-state index contributed by atoms with van der Waals surface area (Å²) in [6, 6.07) is 1.43. The third-order valence-corrected chi connectivity index (χ3v) is 4.56. The minimum Gasteiger partial charge on any atom is -0.378 e. The van der Waals surface area contributed by atoms with Gasteiger partial charge in [-0.25, -0.2) is 0 Å². The number of hydrogen-bond acceptors (Lipinski definition) is 3. The van der Waals surface area contributed by atoms with Gasteiger partial charge in [-0.05, 0) is 58.5 Å². The second-order valence-electron chi connectivity index (χ2n) is 5.97. The van der Waals surface area contributed by atoms with Gasteiger partial charge in [-0.15, -0.1) is 0 Å². The molecule has 2 saturated heterocycles. The zero-order valence-electron chi connectivity index (χ0n) is 12.2. The standard InChI is InChI=1S/C15H30N2O/c1-3-14-12-17(13(2)8-9-16-14)10-4-6-15-7-5-11-18-15/h13-16H,3-12H2,1-2H3. The van der Waals surface area contributed by atoms with E-state index in [0.29, 0.717) is 12.1 Å². The molecule has 2 aliphatic rings. The Morgan fingerprint density at radius 1 is 1.33 bits per heavy atom. The second-order valence-corrected chi connectivity index (χ2v) is 5.97. The average molecular weight is 254 g/mol. The first kappa shape index (κ1) is 14.3. The highest BCUT2D eigenvalue weighted by Gasteiger charge is 2.22. The first-order chi connectivity index (χ1) is 8.79. The van der Waals surface area contributed by atoms with Crippen molar-refractivity contribution in [2.45, 2.75) is 70.6 Å². The number of nitrogens with one attached hydrogen (secondary N) is 1. The minimum absolute atomic E-state index is 0.562. The van der Waals surface area contributed by atoms with E-state index in [0.717, 1.165) is 12.6 Å². The molecule has 3 atom stereocenters. The van der Waals surface area contributed by atoms with E-state index >= 15 is 0 Å². The molecule has 2 rings (SSSR count). The normalized spacial score (nSPS) is 34.7. The molecule has 0 bridgehead atoms. The minimum atomic E-state index is 0.562. The lowest BCUT2D eigenvalue weighted by Crippen LogP contribution is -2.40. The molecule has 3 unspecified atom stereocenters. The van der Waals surface area contributed by atoms with Crippen LogP contribution in [0.25, 0.3) is 0 Å². The van der Waals surface area contributed by atoms with Gasteiger partial charge in [0.15, 0.2) is 0 Å². The van der Waals surface area contributed by atoms with E-state index in [9.17, 15) is 0 Å². The number of hydrogen-bond donors (Lipinski definition) is 1. The van der Waals surface area contributed by atoms with Crippen LogP contribution in [0.1, 0.15) is 52.4 Å². The molecular weight excluding hydrogens is 224 g/mol. The lowest BCUT2D eigenvalue weighted by atomic mass is 10.1. The van der Waals surface area contributed by atoms with Crippen molar-refractivity contribution in [1.82, 2.24) is 10.2 Å². The van der Waals surface area contributed by atoms with Crippen molar-refractivity contribution in [3.8, 4) is 0 Å². The molecule has 3 heteroatoms. The summed E-state index contributed by atoms with van der Waals surface area (Å²) in [5.74, 6) is 0. The Kier molecular flexibility index (Phi) is 5.93. The topological polar surface area (TPSA) is 24.5 Å². The molecule has 0 aromatic rings. The van der Waals surface area contributed by atoms with Crippen molar-refractivity contribution >= 4 is 0 Å². The number of nitrogens with zero attached hydrogens (tertiary/aromatic N) is 1. The van der Waals surface area contributed by atoms with E-state index in [1.807, 2.05) is 0 Å². The average Bonchev–Trinajstić information content (AvgIpc) is 2.82. The van der Waals surface area contributed by atoms with Crippen molar-refractivity contribution in [1.29, 1.82) is 0 Å². The quantitative estimate of drug-likeness (QED) is 0.815. The Labute approximate surface area is 112 Å². The maximum absolute atomic E-state index is 5.71. The van der Waals surface area contributed by atoms with Crippen LogP contribution in [-0.4, -0.2) is 49.3 Å². The summed E-state index contributed by atoms with van der Waals surface area (Å²) in [6.07, 6.45) is 8.21. The third-order valence-electron chi connectivity index (χ3n) is 4.56. The van der Waals surface area contributed by atoms with Crippen molar-refractivity contribution in [2.75, 3.05) is 26.2 Å². The largest absolute Gasteiger partial charge is 0.378 e. The van der Waals surface area contributed by atoms with E-state index in [1.165, 1.54) is 58.2 Å². The van der Waals surface area contributed by atoms with Crippen molar-refractivity contribution in [3.63, 3.8) is 0 Å². The SMILES string of the molecule is CCC1CN(CCCC2CCCO2)C(C)CCN1. The highest BCUT2D eigenvalue weighted by Crippen LogP contribution is 2.18. The molecular formula is C15H30N2O. The molecule has 0 spiro atoms. The van der Waals surface area contributed by atoms with E-state index in [-0.39, 0.29) is 0 Å². The van der Waals surface area contributed by atoms with Gasteiger partial charge in [-0.3, -0.25) is 4.90 Å². The van der Waals surface area contributed by atoms with Gasteiger partial charge in [-0.2, -0.15) is 0 Å². The molecule has 0 saturated carbocycles. The van der Waals surface area contributed by atoms with Crippen LogP contribution in [0, 0.1) is 0 Å². The van der Waals surface area contributed by atoms with Crippen LogP contribution >= 0.6 is 0 Å². The van der Waals surface area contributed by atoms with Crippen molar-refractivity contribution in [3.05, 3.63) is 0 Å². The Hall–Kier alpha value is -0.120. The van der Waals surface area contributed by atoms with E-state index in [4.69, 9.17) is 4.74 Å². The summed E-state index contributed by atoms with van der Waals surface area (Å²) >= 11 is 0. The highest BCUT2D eigenvalue weighted by atomic mass is 16.5. The first-order valence-corrected chi connectivity index (χ1v) is 7.88. The van der Waals surface area contributed by atoms with Crippen LogP contribution in [0.3, 0.4) is 0 Å². The van der Waals surface area contributed by atoms with Crippen LogP contribution in [-0.2, 0) is 4.74 Å². The van der Waals surface area contributed by atoms with Gasteiger partial charge in [0.05, 0.1) is 6.10 Å². The van der Waals surface area contributed by atoms with Gasteiger partial charge < -0.3 is 10.1 Å². The van der Waals surface area contributed by atoms with Crippen molar-refractivity contribution in [2.24, 2.45) is 0 Å². The first-order valence-electron chi connectivity index (χ1n) is 7.88. The molecule has 2 heterocycles. The molecule has 106 valence electrons. The highest BCUT2D eigenvalue weighted by molar-refractivity contribution is 4.80. The Bertz CT molecular complexity index is 229. The van der Waals surface area contributed by atoms with E-state index < -0.39 is 0 Å². The van der Waals surface area contributed by atoms with Crippen LogP contribution in [0.4, 0.5) is 0 Å². The molecule has 2 aliphatic heterocycles. The summed E-state index contributed by atoms with van der Waals surface area (Å²) in [4.78, 5) is 2.68. The van der Waals surface area contributed by atoms with Gasteiger partial charge in [0, 0.05) is 25.2 Å². The predicted octanol–water partition coefficient (Wildman–Crippen LogP) is 2.41. The molecule has 0 aliphatic carbocycles. The molecule has 0 aromatic carbocycles. The van der Waals surface area contributed by atoms with Gasteiger partial charge >= 0.3 is 0 Å². The summed E-state index contributed by atoms with van der Waals surface area (Å²) in [5.41, 5.74) is 0. The molecule has 2 fully saturated rings. The molecule has 0 radical (unpaired) electrons. The number of rotatable bonds is 5. The van der Waals surface area contributed by atoms with Crippen LogP contribution in [0.5, 0.6) is 0 Å². The summed E-state index contributed by atoms with van der Waals surface area (Å²) < 4.78 is 5.71. The fourth-order valence-electron chi connectivity index (χ4n) is 3.19. The van der Waals surface area contributed by atoms with Crippen molar-refractivity contribution < 1.29 is 4.74 Å². The summed E-state index contributed by atoms with van der Waals surface area (Å²) in [6.45, 7) is 9.32. The zero-order chi connectivity index (χ0) is 12.8. The lowest BCUT2D eigenvalue weighted by Gasteiger charge is -2.29. The zero-order valence-corrected chi connectivity index (χ0v) is 12.2. The predicted molar refractivity (Wildman–Crippen MR) is 75.9 cm³/mol. The van der Waals surface area contributed by atoms with Gasteiger partial charge in [0.25, 0.3) is 0 Å². The monoisotopic (exact) mass is 254 g/mol. The Morgan fingerprint density at radius 3 is 2.94 bits per heavy atom. The summed E-state index contributed by atoms with van der Waals surface area (Å²) in [7, 11) is 0. The van der Waals surface area contributed by atoms with Gasteiger partial charge in [0.1, 0.15) is 0 Å². The smallest absolute Gasteiger partial charge is 0.0576 e. The van der Waals surface area contributed by atoms with Crippen LogP contribution in [0.2, 0.25) is 0 Å². The maximum Gasteiger partial charge on any atom is 0.0576 e. The lowest BCUT2D eigenvalue weighted by molar-refractivity contribution is 0.0961. The Morgan fingerprint density at radius 2 is 2.22 bits per heavy atom. The maximum atomic E-state index is 5.71. The Balaban J connectivity index is 1.71. The fraction of sp³-hybridized carbons (Fsp3) is 1.00. The molecule has 0 amide bonds. The van der Waals surface area contributed by atoms with E-state index in [2.05, 4.69) is 24.1 Å². The number of ether oxygens (including phenoxy) is 1. The van der Waals surface area contributed by atoms with E-state index in [1.54, 1.807) is 0 Å². The second kappa shape index (κ2) is 7.46. The molecule has 3 nitrogen and oxygen atoms in total. The van der Waals surface area contributed by atoms with Gasteiger partial charge in [0.2, 0.25) is 0 Å². The fourth-order valence-corrected chi connectivity index (χ4v) is 3.19. The molecule has 1 N–H and O–H groups in total. The van der Waals surface area contributed by atoms with Crippen LogP contribution in [0.15, 0.2) is 0 Å². The van der Waals surface area contributed by atoms with Gasteiger partial charge in [-0.1, -0.05) is 6.92 Å². The molecule has 18 heavy (non-hydrogen) atoms. The third kappa shape index (κ3) is 4.22. The summed E-state index contributed by atoms with van der Waals surface area (Å²) in [5, 5.41) is 3.66. The van der Waals surface area contributed by atoms with Crippen LogP contribution < -0.4 is 5.32 Å². The molecule has 0 aromatic heterocycles.